The van der Waals surface area contributed by atoms with Gasteiger partial charge in [0.1, 0.15) is 0 Å². The Bertz CT molecular complexity index is 500. The van der Waals surface area contributed by atoms with Gasteiger partial charge in [0.25, 0.3) is 0 Å². The first kappa shape index (κ1) is 15.5. The van der Waals surface area contributed by atoms with E-state index in [1.54, 1.807) is 0 Å². The Hall–Kier alpha value is -1.88. The Morgan fingerprint density at radius 1 is 1.38 bits per heavy atom. The Morgan fingerprint density at radius 3 is 2.71 bits per heavy atom. The zero-order chi connectivity index (χ0) is 15.3. The fourth-order valence-corrected chi connectivity index (χ4v) is 2.26. The monoisotopic (exact) mass is 290 g/mol. The number of ether oxygens (including phenoxy) is 1. The summed E-state index contributed by atoms with van der Waals surface area (Å²) in [4.78, 5) is 23.2. The third-order valence-corrected chi connectivity index (χ3v) is 3.38. The number of carbonyl (C=O) groups is 2. The minimum Gasteiger partial charge on any atom is -0.374 e. The fraction of sp³-hybridized carbons (Fsp3) is 0.500. The van der Waals surface area contributed by atoms with Gasteiger partial charge in [-0.1, -0.05) is 30.3 Å². The Balaban J connectivity index is 1.76. The van der Waals surface area contributed by atoms with Gasteiger partial charge in [0.15, 0.2) is 0 Å². The fourth-order valence-electron chi connectivity index (χ4n) is 2.26. The molecule has 1 aliphatic rings. The third kappa shape index (κ3) is 4.86. The maximum Gasteiger partial charge on any atom is 0.225 e. The van der Waals surface area contributed by atoms with E-state index in [0.717, 1.165) is 5.56 Å². The van der Waals surface area contributed by atoms with E-state index in [-0.39, 0.29) is 24.2 Å². The summed E-state index contributed by atoms with van der Waals surface area (Å²) in [5.41, 5.74) is 0.641. The highest BCUT2D eigenvalue weighted by molar-refractivity contribution is 5.89. The summed E-state index contributed by atoms with van der Waals surface area (Å²) in [6.07, 6.45) is 0.271. The molecule has 5 heteroatoms. The zero-order valence-electron chi connectivity index (χ0n) is 12.5. The van der Waals surface area contributed by atoms with Gasteiger partial charge in [-0.25, -0.2) is 0 Å². The third-order valence-electron chi connectivity index (χ3n) is 3.38. The second kappa shape index (κ2) is 6.72. The van der Waals surface area contributed by atoms with E-state index in [9.17, 15) is 9.59 Å². The Kier molecular flexibility index (Phi) is 4.96. The molecule has 0 unspecified atom stereocenters. The van der Waals surface area contributed by atoms with Crippen molar-refractivity contribution in [2.24, 2.45) is 5.92 Å². The number of amides is 2. The minimum absolute atomic E-state index is 0.0618. The van der Waals surface area contributed by atoms with Gasteiger partial charge in [-0.2, -0.15) is 0 Å². The van der Waals surface area contributed by atoms with Crippen LogP contribution in [-0.4, -0.2) is 30.5 Å². The van der Waals surface area contributed by atoms with E-state index in [1.807, 2.05) is 44.2 Å². The highest BCUT2D eigenvalue weighted by Crippen LogP contribution is 2.12. The maximum atomic E-state index is 12.1. The number of nitrogens with one attached hydrogen (secondary N) is 2. The average molecular weight is 290 g/mol. The molecule has 0 bridgehead atoms. The van der Waals surface area contributed by atoms with Gasteiger partial charge in [-0.3, -0.25) is 9.59 Å². The van der Waals surface area contributed by atoms with Crippen LogP contribution in [0.5, 0.6) is 0 Å². The van der Waals surface area contributed by atoms with Crippen LogP contribution in [0.15, 0.2) is 30.3 Å². The first-order chi connectivity index (χ1) is 9.96. The first-order valence-electron chi connectivity index (χ1n) is 7.17. The molecule has 1 aromatic rings. The molecule has 0 aliphatic carbocycles. The summed E-state index contributed by atoms with van der Waals surface area (Å²) in [6.45, 7) is 5.19. The molecule has 1 aromatic carbocycles. The lowest BCUT2D eigenvalue weighted by Gasteiger charge is -2.27. The van der Waals surface area contributed by atoms with Gasteiger partial charge in [0.05, 0.1) is 24.7 Å². The molecule has 1 aliphatic heterocycles. The van der Waals surface area contributed by atoms with E-state index in [4.69, 9.17) is 4.74 Å². The summed E-state index contributed by atoms with van der Waals surface area (Å²) in [5, 5.41) is 5.62. The molecular formula is C16H22N2O3. The van der Waals surface area contributed by atoms with Gasteiger partial charge in [0, 0.05) is 13.0 Å². The van der Waals surface area contributed by atoms with Gasteiger partial charge >= 0.3 is 0 Å². The van der Waals surface area contributed by atoms with Gasteiger partial charge < -0.3 is 15.4 Å². The van der Waals surface area contributed by atoms with E-state index in [2.05, 4.69) is 10.6 Å². The van der Waals surface area contributed by atoms with Crippen molar-refractivity contribution in [1.82, 2.24) is 10.6 Å². The van der Waals surface area contributed by atoms with E-state index >= 15 is 0 Å². The molecule has 114 valence electrons. The number of rotatable bonds is 6. The Labute approximate surface area is 125 Å². The van der Waals surface area contributed by atoms with Crippen LogP contribution in [0.2, 0.25) is 0 Å². The molecule has 2 N–H and O–H groups in total. The molecule has 1 atom stereocenters. The highest BCUT2D eigenvalue weighted by atomic mass is 16.5. The summed E-state index contributed by atoms with van der Waals surface area (Å²) in [6, 6.07) is 9.90. The summed E-state index contributed by atoms with van der Waals surface area (Å²) < 4.78 is 5.67. The Morgan fingerprint density at radius 2 is 2.10 bits per heavy atom. The van der Waals surface area contributed by atoms with Gasteiger partial charge in [0.2, 0.25) is 11.8 Å². The van der Waals surface area contributed by atoms with Gasteiger partial charge in [-0.15, -0.1) is 0 Å². The van der Waals surface area contributed by atoms with Crippen LogP contribution in [0.4, 0.5) is 0 Å². The van der Waals surface area contributed by atoms with E-state index < -0.39 is 5.54 Å². The zero-order valence-corrected chi connectivity index (χ0v) is 12.5. The standard InChI is InChI=1S/C16H22N2O3/c1-16(2,11-21-10-12-6-4-3-5-7-12)18-15(20)13-8-14(19)17-9-13/h3-7,13H,8-11H2,1-2H3,(H,17,19)(H,18,20)/t13-/m0/s1. The molecule has 1 saturated heterocycles. The molecule has 2 amide bonds. The van der Waals surface area contributed by atoms with Crippen molar-refractivity contribution in [1.29, 1.82) is 0 Å². The van der Waals surface area contributed by atoms with Crippen LogP contribution in [0, 0.1) is 5.92 Å². The summed E-state index contributed by atoms with van der Waals surface area (Å²) >= 11 is 0. The highest BCUT2D eigenvalue weighted by Gasteiger charge is 2.31. The predicted octanol–water partition coefficient (Wildman–Crippen LogP) is 1.23. The predicted molar refractivity (Wildman–Crippen MR) is 79.4 cm³/mol. The molecule has 21 heavy (non-hydrogen) atoms. The van der Waals surface area contributed by atoms with Gasteiger partial charge in [-0.05, 0) is 19.4 Å². The SMILES string of the molecule is CC(C)(COCc1ccccc1)NC(=O)[C@@H]1CNC(=O)C1. The molecule has 0 radical (unpaired) electrons. The molecule has 1 heterocycles. The molecule has 5 nitrogen and oxygen atoms in total. The largest absolute Gasteiger partial charge is 0.374 e. The van der Waals surface area contributed by atoms with Crippen molar-refractivity contribution in [2.75, 3.05) is 13.2 Å². The van der Waals surface area contributed by atoms with Crippen molar-refractivity contribution in [2.45, 2.75) is 32.4 Å². The summed E-state index contributed by atoms with van der Waals surface area (Å²) in [7, 11) is 0. The molecule has 0 spiro atoms. The number of hydrogen-bond acceptors (Lipinski definition) is 3. The number of benzene rings is 1. The minimum atomic E-state index is -0.461. The van der Waals surface area contributed by atoms with Crippen LogP contribution < -0.4 is 10.6 Å². The quantitative estimate of drug-likeness (QED) is 0.828. The van der Waals surface area contributed by atoms with E-state index in [1.165, 1.54) is 0 Å². The topological polar surface area (TPSA) is 67.4 Å². The smallest absolute Gasteiger partial charge is 0.225 e. The molecule has 0 saturated carbocycles. The van der Waals surface area contributed by atoms with E-state index in [0.29, 0.717) is 19.8 Å². The van der Waals surface area contributed by atoms with Crippen molar-refractivity contribution >= 4 is 11.8 Å². The molecule has 2 rings (SSSR count). The summed E-state index contributed by atoms with van der Waals surface area (Å²) in [5.74, 6) is -0.430. The molecule has 0 aromatic heterocycles. The van der Waals surface area contributed by atoms with Crippen molar-refractivity contribution < 1.29 is 14.3 Å². The second-order valence-corrected chi connectivity index (χ2v) is 6.06. The number of hydrogen-bond donors (Lipinski definition) is 2. The van der Waals surface area contributed by atoms with Crippen molar-refractivity contribution in [3.63, 3.8) is 0 Å². The van der Waals surface area contributed by atoms with Crippen LogP contribution in [0.25, 0.3) is 0 Å². The molecular weight excluding hydrogens is 268 g/mol. The lowest BCUT2D eigenvalue weighted by molar-refractivity contribution is -0.128. The van der Waals surface area contributed by atoms with Crippen LogP contribution in [0.3, 0.4) is 0 Å². The lowest BCUT2D eigenvalue weighted by atomic mass is 10.0. The van der Waals surface area contributed by atoms with Crippen molar-refractivity contribution in [3.8, 4) is 0 Å². The maximum absolute atomic E-state index is 12.1. The van der Waals surface area contributed by atoms with Crippen LogP contribution >= 0.6 is 0 Å². The first-order valence-corrected chi connectivity index (χ1v) is 7.17. The number of carbonyl (C=O) groups excluding carboxylic acids is 2. The normalized spacial score (nSPS) is 18.4. The second-order valence-electron chi connectivity index (χ2n) is 6.06. The van der Waals surface area contributed by atoms with Crippen LogP contribution in [0.1, 0.15) is 25.8 Å². The van der Waals surface area contributed by atoms with Crippen molar-refractivity contribution in [3.05, 3.63) is 35.9 Å². The molecule has 1 fully saturated rings. The van der Waals surface area contributed by atoms with Crippen LogP contribution in [-0.2, 0) is 20.9 Å². The average Bonchev–Trinajstić information content (AvgIpc) is 2.86. The lowest BCUT2D eigenvalue weighted by Crippen LogP contribution is -2.49.